The van der Waals surface area contributed by atoms with Gasteiger partial charge in [0, 0.05) is 25.7 Å². The summed E-state index contributed by atoms with van der Waals surface area (Å²) < 4.78 is 0. The Morgan fingerprint density at radius 1 is 1.10 bits per heavy atom. The van der Waals surface area contributed by atoms with Crippen LogP contribution in [-0.2, 0) is 4.79 Å². The van der Waals surface area contributed by atoms with E-state index in [4.69, 9.17) is 0 Å². The lowest BCUT2D eigenvalue weighted by atomic mass is 9.91. The maximum Gasteiger partial charge on any atom is 0.255 e. The highest BCUT2D eigenvalue weighted by Gasteiger charge is 2.43. The third-order valence-electron chi connectivity index (χ3n) is 5.42. The summed E-state index contributed by atoms with van der Waals surface area (Å²) in [4.78, 5) is 14.5. The summed E-state index contributed by atoms with van der Waals surface area (Å²) in [5.74, 6) is 0.674. The molecule has 21 heavy (non-hydrogen) atoms. The minimum Gasteiger partial charge on any atom is -0.379 e. The van der Waals surface area contributed by atoms with Crippen molar-refractivity contribution in [3.63, 3.8) is 0 Å². The fourth-order valence-corrected chi connectivity index (χ4v) is 3.81. The van der Waals surface area contributed by atoms with Gasteiger partial charge in [-0.3, -0.25) is 4.79 Å². The summed E-state index contributed by atoms with van der Waals surface area (Å²) >= 11 is 0. The van der Waals surface area contributed by atoms with Gasteiger partial charge in [0.15, 0.2) is 5.60 Å². The number of rotatable bonds is 5. The van der Waals surface area contributed by atoms with E-state index in [0.717, 1.165) is 19.5 Å². The topological polar surface area (TPSA) is 52.6 Å². The van der Waals surface area contributed by atoms with Gasteiger partial charge in [-0.05, 0) is 44.4 Å². The van der Waals surface area contributed by atoms with Gasteiger partial charge in [0.25, 0.3) is 5.91 Å². The Morgan fingerprint density at radius 3 is 2.48 bits per heavy atom. The van der Waals surface area contributed by atoms with E-state index in [9.17, 15) is 9.90 Å². The highest BCUT2D eigenvalue weighted by molar-refractivity contribution is 5.86. The van der Waals surface area contributed by atoms with E-state index >= 15 is 0 Å². The number of likely N-dealkylation sites (tertiary alicyclic amines) is 1. The van der Waals surface area contributed by atoms with Crippen molar-refractivity contribution in [2.75, 3.05) is 19.6 Å². The summed E-state index contributed by atoms with van der Waals surface area (Å²) in [6.45, 7) is 2.14. The minimum absolute atomic E-state index is 0.0261. The number of nitrogens with one attached hydrogen (secondary N) is 1. The molecule has 1 aliphatic heterocycles. The zero-order valence-corrected chi connectivity index (χ0v) is 13.1. The van der Waals surface area contributed by atoms with Crippen molar-refractivity contribution in [2.24, 2.45) is 5.92 Å². The number of amides is 1. The second kappa shape index (κ2) is 6.66. The molecule has 2 N–H and O–H groups in total. The van der Waals surface area contributed by atoms with E-state index in [1.165, 1.54) is 51.4 Å². The minimum atomic E-state index is -1.15. The normalized spacial score (nSPS) is 32.2. The highest BCUT2D eigenvalue weighted by atomic mass is 16.3. The first-order valence-electron chi connectivity index (χ1n) is 8.92. The average Bonchev–Trinajstić information content (AvgIpc) is 3.29. The summed E-state index contributed by atoms with van der Waals surface area (Å²) in [6, 6.07) is 0.489. The molecular formula is C17H30N2O2. The Morgan fingerprint density at radius 2 is 1.81 bits per heavy atom. The fraction of sp³-hybridized carbons (Fsp3) is 0.941. The van der Waals surface area contributed by atoms with Gasteiger partial charge < -0.3 is 15.3 Å². The van der Waals surface area contributed by atoms with Crippen LogP contribution >= 0.6 is 0 Å². The van der Waals surface area contributed by atoms with Crippen LogP contribution < -0.4 is 5.32 Å². The molecule has 2 saturated carbocycles. The van der Waals surface area contributed by atoms with E-state index < -0.39 is 5.60 Å². The predicted molar refractivity (Wildman–Crippen MR) is 83.0 cm³/mol. The van der Waals surface area contributed by atoms with Gasteiger partial charge >= 0.3 is 0 Å². The Labute approximate surface area is 128 Å². The summed E-state index contributed by atoms with van der Waals surface area (Å²) in [7, 11) is 0. The van der Waals surface area contributed by atoms with Gasteiger partial charge in [0.2, 0.25) is 0 Å². The summed E-state index contributed by atoms with van der Waals surface area (Å²) in [6.07, 6.45) is 11.6. The average molecular weight is 294 g/mol. The second-order valence-electron chi connectivity index (χ2n) is 7.40. The van der Waals surface area contributed by atoms with Gasteiger partial charge in [-0.2, -0.15) is 0 Å². The molecule has 0 aromatic heterocycles. The van der Waals surface area contributed by atoms with Crippen molar-refractivity contribution in [2.45, 2.75) is 75.9 Å². The molecule has 3 rings (SSSR count). The van der Waals surface area contributed by atoms with E-state index in [1.54, 1.807) is 0 Å². The first kappa shape index (κ1) is 15.3. The molecule has 0 bridgehead atoms. The van der Waals surface area contributed by atoms with Gasteiger partial charge in [0.1, 0.15) is 0 Å². The quantitative estimate of drug-likeness (QED) is 0.763. The number of aliphatic hydroxyl groups is 1. The largest absolute Gasteiger partial charge is 0.379 e. The lowest BCUT2D eigenvalue weighted by Crippen LogP contribution is -2.59. The molecule has 3 aliphatic rings. The molecule has 1 heterocycles. The Hall–Kier alpha value is -0.610. The van der Waals surface area contributed by atoms with Crippen molar-refractivity contribution in [3.05, 3.63) is 0 Å². The van der Waals surface area contributed by atoms with Crippen LogP contribution in [-0.4, -0.2) is 47.2 Å². The monoisotopic (exact) mass is 294 g/mol. The number of carbonyl (C=O) groups excluding carboxylic acids is 1. The van der Waals surface area contributed by atoms with Crippen LogP contribution in [0.15, 0.2) is 0 Å². The zero-order valence-electron chi connectivity index (χ0n) is 13.1. The van der Waals surface area contributed by atoms with Crippen molar-refractivity contribution < 1.29 is 9.90 Å². The lowest BCUT2D eigenvalue weighted by Gasteiger charge is -2.39. The summed E-state index contributed by atoms with van der Waals surface area (Å²) in [5, 5.41) is 14.3. The van der Waals surface area contributed by atoms with E-state index in [2.05, 4.69) is 5.32 Å². The van der Waals surface area contributed by atoms with Crippen LogP contribution in [0.4, 0.5) is 0 Å². The van der Waals surface area contributed by atoms with Crippen molar-refractivity contribution in [1.82, 2.24) is 10.2 Å². The molecule has 0 radical (unpaired) electrons. The number of nitrogens with zero attached hydrogens (tertiary/aromatic N) is 1. The van der Waals surface area contributed by atoms with E-state index in [-0.39, 0.29) is 5.91 Å². The van der Waals surface area contributed by atoms with Crippen LogP contribution in [0.1, 0.15) is 64.2 Å². The van der Waals surface area contributed by atoms with Gasteiger partial charge in [0.05, 0.1) is 0 Å². The molecule has 0 aromatic carbocycles. The Kier molecular flexibility index (Phi) is 4.85. The fourth-order valence-electron chi connectivity index (χ4n) is 3.81. The van der Waals surface area contributed by atoms with Crippen molar-refractivity contribution in [3.8, 4) is 0 Å². The molecule has 4 nitrogen and oxygen atoms in total. The molecule has 1 atom stereocenters. The molecule has 120 valence electrons. The number of carbonyl (C=O) groups is 1. The molecular weight excluding hydrogens is 264 g/mol. The third-order valence-corrected chi connectivity index (χ3v) is 5.42. The van der Waals surface area contributed by atoms with E-state index in [1.807, 2.05) is 4.90 Å². The van der Waals surface area contributed by atoms with E-state index in [0.29, 0.717) is 24.9 Å². The number of hydrogen-bond donors (Lipinski definition) is 2. The molecule has 1 amide bonds. The molecule has 3 fully saturated rings. The third kappa shape index (κ3) is 3.98. The maximum atomic E-state index is 12.6. The number of hydrogen-bond acceptors (Lipinski definition) is 3. The molecule has 1 saturated heterocycles. The van der Waals surface area contributed by atoms with Gasteiger partial charge in [-0.15, -0.1) is 0 Å². The zero-order chi connectivity index (χ0) is 14.7. The lowest BCUT2D eigenvalue weighted by molar-refractivity contribution is -0.157. The molecule has 0 unspecified atom stereocenters. The van der Waals surface area contributed by atoms with Crippen LogP contribution in [0.25, 0.3) is 0 Å². The SMILES string of the molecule is O=C1N(CC2CC2)CCC[C@]1(O)CNC1CCCCCC1. The Bertz CT molecular complexity index is 362. The first-order chi connectivity index (χ1) is 10.2. The Balaban J connectivity index is 1.52. The molecule has 4 heteroatoms. The van der Waals surface area contributed by atoms with Crippen LogP contribution in [0, 0.1) is 5.92 Å². The smallest absolute Gasteiger partial charge is 0.255 e. The van der Waals surface area contributed by atoms with Gasteiger partial charge in [-0.1, -0.05) is 25.7 Å². The predicted octanol–water partition coefficient (Wildman–Crippen LogP) is 2.06. The first-order valence-corrected chi connectivity index (χ1v) is 8.92. The van der Waals surface area contributed by atoms with Crippen LogP contribution in [0.2, 0.25) is 0 Å². The van der Waals surface area contributed by atoms with Crippen molar-refractivity contribution in [1.29, 1.82) is 0 Å². The standard InChI is InChI=1S/C17H30N2O2/c20-16-17(21,10-5-11-19(16)12-14-8-9-14)13-18-15-6-3-1-2-4-7-15/h14-15,18,21H,1-13H2/t17-/m0/s1. The van der Waals surface area contributed by atoms with Crippen LogP contribution in [0.5, 0.6) is 0 Å². The molecule has 0 spiro atoms. The molecule has 2 aliphatic carbocycles. The second-order valence-corrected chi connectivity index (χ2v) is 7.40. The van der Waals surface area contributed by atoms with Crippen LogP contribution in [0.3, 0.4) is 0 Å². The number of piperidine rings is 1. The molecule has 0 aromatic rings. The van der Waals surface area contributed by atoms with Crippen molar-refractivity contribution >= 4 is 5.91 Å². The summed E-state index contributed by atoms with van der Waals surface area (Å²) in [5.41, 5.74) is -1.15. The highest BCUT2D eigenvalue weighted by Crippen LogP contribution is 2.32. The maximum absolute atomic E-state index is 12.6. The van der Waals surface area contributed by atoms with Gasteiger partial charge in [-0.25, -0.2) is 0 Å².